The Morgan fingerprint density at radius 2 is 1.69 bits per heavy atom. The van der Waals surface area contributed by atoms with Crippen molar-refractivity contribution in [1.82, 2.24) is 9.78 Å². The molecule has 0 fully saturated rings. The Labute approximate surface area is 142 Å². The highest BCUT2D eigenvalue weighted by Gasteiger charge is 2.38. The van der Waals surface area contributed by atoms with Gasteiger partial charge in [-0.1, -0.05) is 18.2 Å². The molecule has 1 aromatic heterocycles. The van der Waals surface area contributed by atoms with Crippen molar-refractivity contribution in [2.45, 2.75) is 18.9 Å². The van der Waals surface area contributed by atoms with E-state index in [1.54, 1.807) is 6.07 Å². The Morgan fingerprint density at radius 1 is 0.962 bits per heavy atom. The van der Waals surface area contributed by atoms with Crippen molar-refractivity contribution in [3.8, 4) is 0 Å². The first-order chi connectivity index (χ1) is 12.1. The van der Waals surface area contributed by atoms with Crippen LogP contribution in [0.1, 0.15) is 27.0 Å². The van der Waals surface area contributed by atoms with E-state index in [0.717, 1.165) is 6.07 Å². The minimum Gasteiger partial charge on any atom is -0.298 e. The summed E-state index contributed by atoms with van der Waals surface area (Å²) in [6.07, 6.45) is -7.85. The molecule has 0 saturated carbocycles. The molecule has 0 spiro atoms. The summed E-state index contributed by atoms with van der Waals surface area (Å²) in [6.45, 7) is -0.390. The van der Waals surface area contributed by atoms with Crippen LogP contribution in [0, 0.1) is 0 Å². The molecule has 0 saturated heterocycles. The van der Waals surface area contributed by atoms with Gasteiger partial charge in [-0.2, -0.15) is 31.4 Å². The number of aromatic nitrogens is 2. The van der Waals surface area contributed by atoms with Crippen LogP contribution in [0.4, 0.5) is 26.3 Å². The number of fused-ring (bicyclic) bond motifs is 1. The molecule has 0 atom stereocenters. The van der Waals surface area contributed by atoms with Gasteiger partial charge in [0.25, 0.3) is 0 Å². The molecular formula is C17H10F6N2O. The average molecular weight is 372 g/mol. The summed E-state index contributed by atoms with van der Waals surface area (Å²) in [7, 11) is 0. The van der Waals surface area contributed by atoms with Gasteiger partial charge in [-0.25, -0.2) is 0 Å². The molecule has 3 aromatic rings. The molecule has 0 amide bonds. The molecule has 0 unspecified atom stereocenters. The standard InChI is InChI=1S/C17H10F6N2O/c18-16(19,20)13-4-3-12(14(6-13)17(21,22)23)8-25-15-5-10(9-26)1-2-11(15)7-24-25/h1-7,9H,8H2. The number of nitrogens with zero attached hydrogens (tertiary/aromatic N) is 2. The second kappa shape index (κ2) is 6.15. The minimum absolute atomic E-state index is 0.0951. The summed E-state index contributed by atoms with van der Waals surface area (Å²) >= 11 is 0. The maximum Gasteiger partial charge on any atom is 0.416 e. The summed E-state index contributed by atoms with van der Waals surface area (Å²) in [5.74, 6) is 0. The number of benzene rings is 2. The SMILES string of the molecule is O=Cc1ccc2cnn(Cc3ccc(C(F)(F)F)cc3C(F)(F)F)c2c1. The number of rotatable bonds is 3. The fraction of sp³-hybridized carbons (Fsp3) is 0.176. The lowest BCUT2D eigenvalue weighted by atomic mass is 10.0. The number of alkyl halides is 6. The second-order valence-corrected chi connectivity index (χ2v) is 5.61. The number of carbonyl (C=O) groups is 1. The summed E-state index contributed by atoms with van der Waals surface area (Å²) in [4.78, 5) is 10.9. The Bertz CT molecular complexity index is 972. The molecule has 26 heavy (non-hydrogen) atoms. The van der Waals surface area contributed by atoms with Gasteiger partial charge in [-0.3, -0.25) is 9.48 Å². The van der Waals surface area contributed by atoms with Crippen molar-refractivity contribution in [2.75, 3.05) is 0 Å². The first-order valence-electron chi connectivity index (χ1n) is 7.27. The van der Waals surface area contributed by atoms with E-state index < -0.39 is 30.0 Å². The molecule has 0 aliphatic rings. The molecule has 9 heteroatoms. The first kappa shape index (κ1) is 18.0. The summed E-state index contributed by atoms with van der Waals surface area (Å²) in [5.41, 5.74) is -2.39. The molecule has 0 aliphatic carbocycles. The zero-order valence-electron chi connectivity index (χ0n) is 12.9. The number of carbonyl (C=O) groups excluding carboxylic acids is 1. The van der Waals surface area contributed by atoms with Gasteiger partial charge in [0, 0.05) is 10.9 Å². The molecule has 1 heterocycles. The highest BCUT2D eigenvalue weighted by atomic mass is 19.4. The number of aldehydes is 1. The number of hydrogen-bond donors (Lipinski definition) is 0. The summed E-state index contributed by atoms with van der Waals surface area (Å²) in [6, 6.07) is 6.06. The highest BCUT2D eigenvalue weighted by molar-refractivity contribution is 5.86. The van der Waals surface area contributed by atoms with E-state index in [1.165, 1.54) is 23.0 Å². The van der Waals surface area contributed by atoms with Crippen LogP contribution in [0.3, 0.4) is 0 Å². The van der Waals surface area contributed by atoms with Crippen molar-refractivity contribution in [2.24, 2.45) is 0 Å². The Morgan fingerprint density at radius 3 is 2.31 bits per heavy atom. The van der Waals surface area contributed by atoms with Crippen LogP contribution in [0.2, 0.25) is 0 Å². The van der Waals surface area contributed by atoms with Gasteiger partial charge in [-0.05, 0) is 23.8 Å². The highest BCUT2D eigenvalue weighted by Crippen LogP contribution is 2.37. The van der Waals surface area contributed by atoms with Gasteiger partial charge < -0.3 is 0 Å². The third kappa shape index (κ3) is 3.42. The van der Waals surface area contributed by atoms with E-state index in [-0.39, 0.29) is 11.6 Å². The zero-order valence-corrected chi connectivity index (χ0v) is 12.9. The number of halogens is 6. The minimum atomic E-state index is -4.95. The van der Waals surface area contributed by atoms with Crippen LogP contribution < -0.4 is 0 Å². The first-order valence-corrected chi connectivity index (χ1v) is 7.27. The molecule has 136 valence electrons. The lowest BCUT2D eigenvalue weighted by molar-refractivity contribution is -0.143. The third-order valence-corrected chi connectivity index (χ3v) is 3.87. The normalized spacial score (nSPS) is 12.5. The Hall–Kier alpha value is -2.84. The van der Waals surface area contributed by atoms with E-state index in [9.17, 15) is 31.1 Å². The monoisotopic (exact) mass is 372 g/mol. The van der Waals surface area contributed by atoms with Gasteiger partial charge in [0.15, 0.2) is 0 Å². The fourth-order valence-electron chi connectivity index (χ4n) is 2.60. The Balaban J connectivity index is 2.09. The average Bonchev–Trinajstić information content (AvgIpc) is 2.95. The molecule has 0 aliphatic heterocycles. The van der Waals surface area contributed by atoms with Gasteiger partial charge in [0.1, 0.15) is 6.29 Å². The van der Waals surface area contributed by atoms with Crippen molar-refractivity contribution in [1.29, 1.82) is 0 Å². The van der Waals surface area contributed by atoms with E-state index in [1.807, 2.05) is 0 Å². The smallest absolute Gasteiger partial charge is 0.298 e. The molecular weight excluding hydrogens is 362 g/mol. The van der Waals surface area contributed by atoms with Crippen LogP contribution in [0.5, 0.6) is 0 Å². The summed E-state index contributed by atoms with van der Waals surface area (Å²) < 4.78 is 79.1. The molecule has 0 radical (unpaired) electrons. The second-order valence-electron chi connectivity index (χ2n) is 5.61. The van der Waals surface area contributed by atoms with Crippen LogP contribution in [0.15, 0.2) is 42.6 Å². The van der Waals surface area contributed by atoms with Crippen molar-refractivity contribution in [3.63, 3.8) is 0 Å². The largest absolute Gasteiger partial charge is 0.416 e. The topological polar surface area (TPSA) is 34.9 Å². The zero-order chi connectivity index (χ0) is 19.1. The van der Waals surface area contributed by atoms with Crippen LogP contribution in [-0.4, -0.2) is 16.1 Å². The van der Waals surface area contributed by atoms with Crippen LogP contribution in [-0.2, 0) is 18.9 Å². The number of hydrogen-bond acceptors (Lipinski definition) is 2. The van der Waals surface area contributed by atoms with Crippen molar-refractivity contribution in [3.05, 3.63) is 64.8 Å². The molecule has 2 aromatic carbocycles. The fourth-order valence-corrected chi connectivity index (χ4v) is 2.60. The maximum absolute atomic E-state index is 13.2. The van der Waals surface area contributed by atoms with Gasteiger partial charge >= 0.3 is 12.4 Å². The summed E-state index contributed by atoms with van der Waals surface area (Å²) in [5, 5.41) is 4.57. The van der Waals surface area contributed by atoms with Crippen molar-refractivity contribution < 1.29 is 31.1 Å². The quantitative estimate of drug-likeness (QED) is 0.482. The van der Waals surface area contributed by atoms with E-state index in [4.69, 9.17) is 0 Å². The Kier molecular flexibility index (Phi) is 4.25. The van der Waals surface area contributed by atoms with Gasteiger partial charge in [-0.15, -0.1) is 0 Å². The van der Waals surface area contributed by atoms with Crippen molar-refractivity contribution >= 4 is 17.2 Å². The molecule has 0 bridgehead atoms. The van der Waals surface area contributed by atoms with E-state index in [2.05, 4.69) is 5.10 Å². The lowest BCUT2D eigenvalue weighted by Gasteiger charge is -2.16. The predicted octanol–water partition coefficient (Wildman–Crippen LogP) is 4.93. The third-order valence-electron chi connectivity index (χ3n) is 3.87. The van der Waals surface area contributed by atoms with E-state index >= 15 is 0 Å². The predicted molar refractivity (Wildman–Crippen MR) is 80.7 cm³/mol. The van der Waals surface area contributed by atoms with Crippen LogP contribution >= 0.6 is 0 Å². The molecule has 3 rings (SSSR count). The van der Waals surface area contributed by atoms with Gasteiger partial charge in [0.05, 0.1) is 29.4 Å². The van der Waals surface area contributed by atoms with Crippen LogP contribution in [0.25, 0.3) is 10.9 Å². The lowest BCUT2D eigenvalue weighted by Crippen LogP contribution is -2.15. The molecule has 0 N–H and O–H groups in total. The van der Waals surface area contributed by atoms with E-state index in [0.29, 0.717) is 28.8 Å². The maximum atomic E-state index is 13.2. The molecule has 3 nitrogen and oxygen atoms in total. The van der Waals surface area contributed by atoms with Gasteiger partial charge in [0.2, 0.25) is 0 Å².